The van der Waals surface area contributed by atoms with Gasteiger partial charge in [0.1, 0.15) is 0 Å². The molecule has 17 heavy (non-hydrogen) atoms. The van der Waals surface area contributed by atoms with E-state index in [1.54, 1.807) is 6.08 Å². The second-order valence-electron chi connectivity index (χ2n) is 3.82. The molecular weight excluding hydrogens is 216 g/mol. The fourth-order valence-electron chi connectivity index (χ4n) is 1.87. The van der Waals surface area contributed by atoms with Crippen LogP contribution in [0.4, 0.5) is 5.69 Å². The van der Waals surface area contributed by atoms with Gasteiger partial charge in [-0.15, -0.1) is 0 Å². The number of hydrogen-bond donors (Lipinski definition) is 1. The van der Waals surface area contributed by atoms with Gasteiger partial charge in [0.2, 0.25) is 0 Å². The van der Waals surface area contributed by atoms with Gasteiger partial charge in [0, 0.05) is 37.1 Å². The summed E-state index contributed by atoms with van der Waals surface area (Å²) < 4.78 is 4.67. The van der Waals surface area contributed by atoms with Crippen LogP contribution in [0.3, 0.4) is 0 Å². The summed E-state index contributed by atoms with van der Waals surface area (Å²) in [6, 6.07) is 10.0. The molecule has 1 N–H and O–H groups in total. The Labute approximate surface area is 101 Å². The van der Waals surface area contributed by atoms with Gasteiger partial charge >= 0.3 is 5.97 Å². The topological polar surface area (TPSA) is 41.6 Å². The molecule has 0 radical (unpaired) electrons. The van der Waals surface area contributed by atoms with Crippen LogP contribution in [0, 0.1) is 0 Å². The summed E-state index contributed by atoms with van der Waals surface area (Å²) in [5.74, 6) is -0.315. The standard InChI is InChI=1S/C13H16N2O2/c1-17-13(16)9-12-10-14-7-8-15(12)11-5-3-2-4-6-11/h2-6,9,14H,7-8,10H2,1H3. The minimum Gasteiger partial charge on any atom is -0.466 e. The van der Waals surface area contributed by atoms with Gasteiger partial charge in [0.15, 0.2) is 0 Å². The van der Waals surface area contributed by atoms with Gasteiger partial charge in [-0.05, 0) is 12.1 Å². The number of carbonyl (C=O) groups is 1. The minimum atomic E-state index is -0.315. The predicted octanol–water partition coefficient (Wildman–Crippen LogP) is 1.15. The highest BCUT2D eigenvalue weighted by Crippen LogP contribution is 2.19. The summed E-state index contributed by atoms with van der Waals surface area (Å²) in [6.45, 7) is 2.45. The Bertz CT molecular complexity index is 415. The fraction of sp³-hybridized carbons (Fsp3) is 0.308. The van der Waals surface area contributed by atoms with Crippen LogP contribution in [0.5, 0.6) is 0 Å². The van der Waals surface area contributed by atoms with Gasteiger partial charge in [-0.25, -0.2) is 4.79 Å². The molecule has 1 heterocycles. The molecule has 0 spiro atoms. The van der Waals surface area contributed by atoms with E-state index in [1.807, 2.05) is 30.3 Å². The average molecular weight is 232 g/mol. The fourth-order valence-corrected chi connectivity index (χ4v) is 1.87. The van der Waals surface area contributed by atoms with Crippen molar-refractivity contribution in [1.29, 1.82) is 0 Å². The molecule has 4 heteroatoms. The van der Waals surface area contributed by atoms with Crippen LogP contribution in [-0.2, 0) is 9.53 Å². The molecule has 1 saturated heterocycles. The number of ether oxygens (including phenoxy) is 1. The average Bonchev–Trinajstić information content (AvgIpc) is 2.40. The van der Waals surface area contributed by atoms with Gasteiger partial charge in [-0.3, -0.25) is 0 Å². The van der Waals surface area contributed by atoms with Gasteiger partial charge in [0.25, 0.3) is 0 Å². The summed E-state index contributed by atoms with van der Waals surface area (Å²) in [6.07, 6.45) is 1.54. The number of methoxy groups -OCH3 is 1. The molecule has 1 aliphatic rings. The Kier molecular flexibility index (Phi) is 3.77. The van der Waals surface area contributed by atoms with E-state index in [-0.39, 0.29) is 5.97 Å². The zero-order chi connectivity index (χ0) is 12.1. The number of nitrogens with one attached hydrogen (secondary N) is 1. The molecule has 0 saturated carbocycles. The lowest BCUT2D eigenvalue weighted by atomic mass is 10.2. The SMILES string of the molecule is COC(=O)C=C1CNCCN1c1ccccc1. The van der Waals surface area contributed by atoms with Crippen molar-refractivity contribution in [3.63, 3.8) is 0 Å². The maximum Gasteiger partial charge on any atom is 0.332 e. The molecule has 0 aliphatic carbocycles. The third kappa shape index (κ3) is 2.85. The Balaban J connectivity index is 2.24. The number of piperazine rings is 1. The molecule has 0 amide bonds. The maximum atomic E-state index is 11.3. The third-order valence-electron chi connectivity index (χ3n) is 2.72. The van der Waals surface area contributed by atoms with Crippen LogP contribution >= 0.6 is 0 Å². The van der Waals surface area contributed by atoms with Crippen molar-refractivity contribution < 1.29 is 9.53 Å². The first kappa shape index (κ1) is 11.7. The zero-order valence-electron chi connectivity index (χ0n) is 9.85. The first-order chi connectivity index (χ1) is 8.31. The molecular formula is C13H16N2O2. The second kappa shape index (κ2) is 5.50. The van der Waals surface area contributed by atoms with E-state index in [0.29, 0.717) is 6.54 Å². The summed E-state index contributed by atoms with van der Waals surface area (Å²) in [5.41, 5.74) is 2.04. The molecule has 0 atom stereocenters. The molecule has 1 fully saturated rings. The molecule has 4 nitrogen and oxygen atoms in total. The Hall–Kier alpha value is -1.81. The highest BCUT2D eigenvalue weighted by atomic mass is 16.5. The van der Waals surface area contributed by atoms with E-state index < -0.39 is 0 Å². The monoisotopic (exact) mass is 232 g/mol. The number of anilines is 1. The van der Waals surface area contributed by atoms with Gasteiger partial charge in [0.05, 0.1) is 7.11 Å². The summed E-state index contributed by atoms with van der Waals surface area (Å²) in [7, 11) is 1.39. The van der Waals surface area contributed by atoms with Crippen molar-refractivity contribution in [2.24, 2.45) is 0 Å². The molecule has 0 unspecified atom stereocenters. The van der Waals surface area contributed by atoms with E-state index in [2.05, 4.69) is 15.0 Å². The van der Waals surface area contributed by atoms with Crippen molar-refractivity contribution >= 4 is 11.7 Å². The third-order valence-corrected chi connectivity index (χ3v) is 2.72. The Morgan fingerprint density at radius 2 is 2.18 bits per heavy atom. The Morgan fingerprint density at radius 1 is 1.41 bits per heavy atom. The first-order valence-electron chi connectivity index (χ1n) is 5.63. The highest BCUT2D eigenvalue weighted by Gasteiger charge is 2.17. The lowest BCUT2D eigenvalue weighted by molar-refractivity contribution is -0.134. The van der Waals surface area contributed by atoms with Crippen LogP contribution in [-0.4, -0.2) is 32.7 Å². The summed E-state index contributed by atoms with van der Waals surface area (Å²) in [4.78, 5) is 13.4. The number of hydrogen-bond acceptors (Lipinski definition) is 4. The van der Waals surface area contributed by atoms with Crippen molar-refractivity contribution in [2.75, 3.05) is 31.6 Å². The number of carbonyl (C=O) groups excluding carboxylic acids is 1. The number of nitrogens with zero attached hydrogens (tertiary/aromatic N) is 1. The minimum absolute atomic E-state index is 0.315. The number of rotatable bonds is 2. The number of benzene rings is 1. The summed E-state index contributed by atoms with van der Waals surface area (Å²) >= 11 is 0. The van der Waals surface area contributed by atoms with E-state index in [1.165, 1.54) is 7.11 Å². The van der Waals surface area contributed by atoms with Crippen LogP contribution in [0.2, 0.25) is 0 Å². The van der Waals surface area contributed by atoms with E-state index in [4.69, 9.17) is 0 Å². The quantitative estimate of drug-likeness (QED) is 0.613. The second-order valence-corrected chi connectivity index (χ2v) is 3.82. The normalized spacial score (nSPS) is 18.2. The van der Waals surface area contributed by atoms with Crippen LogP contribution in [0.1, 0.15) is 0 Å². The first-order valence-corrected chi connectivity index (χ1v) is 5.63. The number of para-hydroxylation sites is 1. The zero-order valence-corrected chi connectivity index (χ0v) is 9.85. The largest absolute Gasteiger partial charge is 0.466 e. The van der Waals surface area contributed by atoms with Gasteiger partial charge in [-0.2, -0.15) is 0 Å². The molecule has 0 aromatic heterocycles. The number of esters is 1. The maximum absolute atomic E-state index is 11.3. The molecule has 1 aliphatic heterocycles. The van der Waals surface area contributed by atoms with Crippen molar-refractivity contribution in [3.05, 3.63) is 42.1 Å². The van der Waals surface area contributed by atoms with Crippen LogP contribution < -0.4 is 10.2 Å². The van der Waals surface area contributed by atoms with Crippen LogP contribution in [0.15, 0.2) is 42.1 Å². The van der Waals surface area contributed by atoms with Crippen molar-refractivity contribution in [3.8, 4) is 0 Å². The van der Waals surface area contributed by atoms with Gasteiger partial charge < -0.3 is 15.0 Å². The molecule has 0 bridgehead atoms. The predicted molar refractivity (Wildman–Crippen MR) is 66.8 cm³/mol. The molecule has 90 valence electrons. The van der Waals surface area contributed by atoms with Gasteiger partial charge in [-0.1, -0.05) is 18.2 Å². The lowest BCUT2D eigenvalue weighted by Gasteiger charge is -2.32. The van der Waals surface area contributed by atoms with Crippen LogP contribution in [0.25, 0.3) is 0 Å². The van der Waals surface area contributed by atoms with Crippen molar-refractivity contribution in [1.82, 2.24) is 5.32 Å². The Morgan fingerprint density at radius 3 is 2.88 bits per heavy atom. The molecule has 2 rings (SSSR count). The lowest BCUT2D eigenvalue weighted by Crippen LogP contribution is -2.42. The smallest absolute Gasteiger partial charge is 0.332 e. The van der Waals surface area contributed by atoms with E-state index >= 15 is 0 Å². The molecule has 1 aromatic rings. The van der Waals surface area contributed by atoms with E-state index in [9.17, 15) is 4.79 Å². The highest BCUT2D eigenvalue weighted by molar-refractivity contribution is 5.83. The summed E-state index contributed by atoms with van der Waals surface area (Å²) in [5, 5.41) is 3.25. The van der Waals surface area contributed by atoms with Crippen molar-refractivity contribution in [2.45, 2.75) is 0 Å². The molecule has 1 aromatic carbocycles. The van der Waals surface area contributed by atoms with E-state index in [0.717, 1.165) is 24.5 Å².